The highest BCUT2D eigenvalue weighted by molar-refractivity contribution is 4.84. The van der Waals surface area contributed by atoms with Crippen LogP contribution in [0.25, 0.3) is 0 Å². The molecule has 2 nitrogen and oxygen atoms in total. The van der Waals surface area contributed by atoms with Crippen LogP contribution in [0.2, 0.25) is 0 Å². The lowest BCUT2D eigenvalue weighted by atomic mass is 10.0. The van der Waals surface area contributed by atoms with E-state index in [1.165, 1.54) is 141 Å². The van der Waals surface area contributed by atoms with E-state index in [4.69, 9.17) is 0 Å². The number of aryl methyl sites for hydroxylation is 2. The first-order valence-corrected chi connectivity index (χ1v) is 13.3. The molecule has 1 aromatic heterocycles. The summed E-state index contributed by atoms with van der Waals surface area (Å²) in [5.74, 6) is 1.52. The van der Waals surface area contributed by atoms with Gasteiger partial charge < -0.3 is 0 Å². The molecule has 1 rings (SSSR count). The van der Waals surface area contributed by atoms with Crippen LogP contribution in [0.3, 0.4) is 0 Å². The van der Waals surface area contributed by atoms with Crippen molar-refractivity contribution in [3.8, 4) is 0 Å². The maximum absolute atomic E-state index is 2.51. The first-order valence-electron chi connectivity index (χ1n) is 13.3. The zero-order chi connectivity index (χ0) is 21.0. The van der Waals surface area contributed by atoms with Crippen LogP contribution in [-0.4, -0.2) is 4.57 Å². The molecule has 0 saturated carbocycles. The third-order valence-electron chi connectivity index (χ3n) is 6.47. The van der Waals surface area contributed by atoms with Gasteiger partial charge in [-0.2, -0.15) is 0 Å². The van der Waals surface area contributed by atoms with Crippen LogP contribution < -0.4 is 4.57 Å². The number of imidazole rings is 1. The van der Waals surface area contributed by atoms with Gasteiger partial charge in [0.05, 0.1) is 13.6 Å². The fourth-order valence-electron chi connectivity index (χ4n) is 4.44. The van der Waals surface area contributed by atoms with Gasteiger partial charge in [-0.1, -0.05) is 117 Å². The van der Waals surface area contributed by atoms with Crippen LogP contribution in [0, 0.1) is 0 Å². The molecule has 170 valence electrons. The maximum Gasteiger partial charge on any atom is 0.256 e. The number of unbranched alkanes of at least 4 members (excludes halogenated alkanes) is 17. The minimum atomic E-state index is 1.21. The Morgan fingerprint density at radius 2 is 1.00 bits per heavy atom. The summed E-state index contributed by atoms with van der Waals surface area (Å²) in [4.78, 5) is 0. The first kappa shape index (κ1) is 26.2. The monoisotopic (exact) mass is 405 g/mol. The molecule has 0 aliphatic carbocycles. The van der Waals surface area contributed by atoms with Gasteiger partial charge in [-0.3, -0.25) is 0 Å². The second kappa shape index (κ2) is 19.2. The lowest BCUT2D eigenvalue weighted by Gasteiger charge is -2.05. The summed E-state index contributed by atoms with van der Waals surface area (Å²) < 4.78 is 4.84. The van der Waals surface area contributed by atoms with Crippen molar-refractivity contribution in [1.29, 1.82) is 0 Å². The molecule has 1 aromatic rings. The fourth-order valence-corrected chi connectivity index (χ4v) is 4.44. The van der Waals surface area contributed by atoms with Crippen molar-refractivity contribution >= 4 is 0 Å². The van der Waals surface area contributed by atoms with Gasteiger partial charge in [0.2, 0.25) is 0 Å². The van der Waals surface area contributed by atoms with E-state index in [9.17, 15) is 0 Å². The molecule has 0 unspecified atom stereocenters. The van der Waals surface area contributed by atoms with Gasteiger partial charge in [0.15, 0.2) is 0 Å². The molecular formula is C27H53N2+. The molecule has 0 spiro atoms. The van der Waals surface area contributed by atoms with Gasteiger partial charge in [0, 0.05) is 6.42 Å². The van der Waals surface area contributed by atoms with E-state index < -0.39 is 0 Å². The lowest BCUT2D eigenvalue weighted by molar-refractivity contribution is -0.678. The molecule has 0 aromatic carbocycles. The van der Waals surface area contributed by atoms with Crippen molar-refractivity contribution < 1.29 is 4.57 Å². The Hall–Kier alpha value is -0.790. The average Bonchev–Trinajstić information content (AvgIpc) is 3.07. The molecule has 0 N–H and O–H groups in total. The van der Waals surface area contributed by atoms with E-state index >= 15 is 0 Å². The van der Waals surface area contributed by atoms with Crippen LogP contribution in [0.5, 0.6) is 0 Å². The van der Waals surface area contributed by atoms with Crippen LogP contribution >= 0.6 is 0 Å². The van der Waals surface area contributed by atoms with Gasteiger partial charge >= 0.3 is 0 Å². The van der Waals surface area contributed by atoms with Gasteiger partial charge in [-0.25, -0.2) is 9.13 Å². The van der Waals surface area contributed by atoms with Gasteiger partial charge in [0.1, 0.15) is 12.4 Å². The van der Waals surface area contributed by atoms with Crippen LogP contribution in [0.4, 0.5) is 0 Å². The zero-order valence-electron chi connectivity index (χ0n) is 20.4. The summed E-state index contributed by atoms with van der Waals surface area (Å²) in [5, 5.41) is 0. The lowest BCUT2D eigenvalue weighted by Crippen LogP contribution is -2.32. The van der Waals surface area contributed by atoms with Crippen molar-refractivity contribution in [2.75, 3.05) is 0 Å². The second-order valence-electron chi connectivity index (χ2n) is 9.28. The van der Waals surface area contributed by atoms with Crippen molar-refractivity contribution in [1.82, 2.24) is 4.57 Å². The Balaban J connectivity index is 1.92. The van der Waals surface area contributed by atoms with Crippen LogP contribution in [-0.2, 0) is 20.0 Å². The molecule has 0 radical (unpaired) electrons. The number of nitrogens with zero attached hydrogens (tertiary/aromatic N) is 2. The summed E-state index contributed by atoms with van der Waals surface area (Å²) in [6.07, 6.45) is 32.8. The number of rotatable bonds is 21. The standard InChI is InChI=1S/C27H53N2/c1-4-6-8-10-11-12-13-14-15-16-17-18-19-20-22-24-29-26-25-28(3)27(29)23-21-9-7-5-2/h25-26H,4-24H2,1-3H3/q+1. The highest BCUT2D eigenvalue weighted by Crippen LogP contribution is 2.14. The molecule has 0 aliphatic rings. The summed E-state index contributed by atoms with van der Waals surface area (Å²) in [6, 6.07) is 0. The SMILES string of the molecule is CCCCCCCCCCCCCCCCCn1cc[n+](C)c1CCCCCC. The third-order valence-corrected chi connectivity index (χ3v) is 6.47. The largest absolute Gasteiger partial charge is 0.256 e. The summed E-state index contributed by atoms with van der Waals surface area (Å²) in [7, 11) is 2.21. The second-order valence-corrected chi connectivity index (χ2v) is 9.28. The van der Waals surface area contributed by atoms with Crippen molar-refractivity contribution in [3.63, 3.8) is 0 Å². The molecule has 0 amide bonds. The molecule has 0 saturated heterocycles. The fraction of sp³-hybridized carbons (Fsp3) is 0.889. The summed E-state index contributed by atoms with van der Waals surface area (Å²) in [5.41, 5.74) is 0. The average molecular weight is 406 g/mol. The quantitative estimate of drug-likeness (QED) is 0.144. The predicted molar refractivity (Wildman–Crippen MR) is 128 cm³/mol. The van der Waals surface area contributed by atoms with E-state index in [1.807, 2.05) is 0 Å². The third kappa shape index (κ3) is 13.9. The highest BCUT2D eigenvalue weighted by atomic mass is 15.1. The predicted octanol–water partition coefficient (Wildman–Crippen LogP) is 8.31. The summed E-state index contributed by atoms with van der Waals surface area (Å²) >= 11 is 0. The van der Waals surface area contributed by atoms with Crippen LogP contribution in [0.1, 0.15) is 142 Å². The molecular weight excluding hydrogens is 352 g/mol. The first-order chi connectivity index (χ1) is 14.3. The van der Waals surface area contributed by atoms with Gasteiger partial charge in [-0.05, 0) is 19.3 Å². The molecule has 29 heavy (non-hydrogen) atoms. The molecule has 1 heterocycles. The van der Waals surface area contributed by atoms with E-state index in [0.29, 0.717) is 0 Å². The maximum atomic E-state index is 2.51. The molecule has 0 fully saturated rings. The Morgan fingerprint density at radius 3 is 1.48 bits per heavy atom. The van der Waals surface area contributed by atoms with Crippen molar-refractivity contribution in [3.05, 3.63) is 18.2 Å². The van der Waals surface area contributed by atoms with Crippen molar-refractivity contribution in [2.45, 2.75) is 149 Å². The topological polar surface area (TPSA) is 8.81 Å². The van der Waals surface area contributed by atoms with E-state index in [-0.39, 0.29) is 0 Å². The Labute approximate surface area is 183 Å². The number of hydrogen-bond donors (Lipinski definition) is 0. The normalized spacial score (nSPS) is 11.4. The molecule has 0 bridgehead atoms. The molecule has 0 atom stereocenters. The van der Waals surface area contributed by atoms with Gasteiger partial charge in [0.25, 0.3) is 5.82 Å². The van der Waals surface area contributed by atoms with Gasteiger partial charge in [-0.15, -0.1) is 0 Å². The molecule has 2 heteroatoms. The van der Waals surface area contributed by atoms with E-state index in [1.54, 1.807) is 0 Å². The summed E-state index contributed by atoms with van der Waals surface area (Å²) in [6.45, 7) is 5.80. The van der Waals surface area contributed by atoms with Crippen LogP contribution in [0.15, 0.2) is 12.4 Å². The smallest absolute Gasteiger partial charge is 0.237 e. The Morgan fingerprint density at radius 1 is 0.586 bits per heavy atom. The minimum absolute atomic E-state index is 1.21. The van der Waals surface area contributed by atoms with E-state index in [0.717, 1.165) is 0 Å². The minimum Gasteiger partial charge on any atom is -0.237 e. The highest BCUT2D eigenvalue weighted by Gasteiger charge is 2.13. The van der Waals surface area contributed by atoms with Crippen molar-refractivity contribution in [2.24, 2.45) is 7.05 Å². The number of aromatic nitrogens is 2. The van der Waals surface area contributed by atoms with E-state index in [2.05, 4.69) is 42.4 Å². The Kier molecular flexibility index (Phi) is 17.4. The Bertz CT molecular complexity index is 463. The molecule has 0 aliphatic heterocycles. The number of hydrogen-bond acceptors (Lipinski definition) is 0. The zero-order valence-corrected chi connectivity index (χ0v) is 20.4.